The van der Waals surface area contributed by atoms with Crippen LogP contribution >= 0.6 is 0 Å². The van der Waals surface area contributed by atoms with Crippen LogP contribution in [0.25, 0.3) is 10.9 Å². The number of carbonyl (C=O) groups is 2. The molecule has 1 amide bonds. The molecule has 3 aliphatic rings. The molecule has 2 bridgehead atoms. The van der Waals surface area contributed by atoms with E-state index in [1.165, 1.54) is 10.9 Å². The van der Waals surface area contributed by atoms with Crippen molar-refractivity contribution in [1.29, 1.82) is 0 Å². The van der Waals surface area contributed by atoms with Gasteiger partial charge < -0.3 is 4.90 Å². The summed E-state index contributed by atoms with van der Waals surface area (Å²) in [5.74, 6) is 0.322. The summed E-state index contributed by atoms with van der Waals surface area (Å²) in [4.78, 5) is 27.8. The third kappa shape index (κ3) is 1.51. The Labute approximate surface area is 134 Å². The summed E-state index contributed by atoms with van der Waals surface area (Å²) < 4.78 is 1.91. The fourth-order valence-electron chi connectivity index (χ4n) is 4.82. The van der Waals surface area contributed by atoms with E-state index in [-0.39, 0.29) is 23.8 Å². The summed E-state index contributed by atoms with van der Waals surface area (Å²) >= 11 is 0. The van der Waals surface area contributed by atoms with Crippen LogP contribution in [0.4, 0.5) is 0 Å². The van der Waals surface area contributed by atoms with Gasteiger partial charge >= 0.3 is 0 Å². The number of fused-ring (bicyclic) bond motifs is 4. The first-order chi connectivity index (χ1) is 11.2. The van der Waals surface area contributed by atoms with Gasteiger partial charge in [0.1, 0.15) is 0 Å². The average molecular weight is 306 g/mol. The summed E-state index contributed by atoms with van der Waals surface area (Å²) in [5.41, 5.74) is 4.18. The van der Waals surface area contributed by atoms with E-state index in [0.29, 0.717) is 6.42 Å². The topological polar surface area (TPSA) is 42.3 Å². The third-order valence-corrected chi connectivity index (χ3v) is 5.75. The Morgan fingerprint density at radius 2 is 2.04 bits per heavy atom. The van der Waals surface area contributed by atoms with Gasteiger partial charge in [0.2, 0.25) is 11.8 Å². The first-order valence-electron chi connectivity index (χ1n) is 8.33. The van der Waals surface area contributed by atoms with E-state index in [0.717, 1.165) is 36.2 Å². The Bertz CT molecular complexity index is 905. The maximum Gasteiger partial charge on any atom is 0.250 e. The van der Waals surface area contributed by atoms with Crippen molar-refractivity contribution >= 4 is 22.7 Å². The molecular weight excluding hydrogens is 288 g/mol. The molecule has 0 saturated carbocycles. The molecule has 0 spiro atoms. The molecule has 4 nitrogen and oxygen atoms in total. The largest absolute Gasteiger partial charge is 0.330 e. The first-order valence-corrected chi connectivity index (χ1v) is 8.33. The van der Waals surface area contributed by atoms with Crippen LogP contribution < -0.4 is 0 Å². The maximum absolute atomic E-state index is 13.0. The predicted molar refractivity (Wildman–Crippen MR) is 87.2 cm³/mol. The highest BCUT2D eigenvalue weighted by Crippen LogP contribution is 2.47. The Hall–Kier alpha value is -2.36. The van der Waals surface area contributed by atoms with Gasteiger partial charge in [0, 0.05) is 29.8 Å². The van der Waals surface area contributed by atoms with Crippen LogP contribution in [0.1, 0.15) is 41.9 Å². The molecule has 5 rings (SSSR count). The average Bonchev–Trinajstić information content (AvgIpc) is 2.82. The zero-order valence-electron chi connectivity index (χ0n) is 13.1. The molecule has 2 atom stereocenters. The molecule has 4 heterocycles. The fraction of sp³-hybridized carbons (Fsp3) is 0.368. The summed E-state index contributed by atoms with van der Waals surface area (Å²) in [5, 5.41) is 1.18. The number of para-hydroxylation sites is 1. The van der Waals surface area contributed by atoms with Crippen LogP contribution in [0.15, 0.2) is 35.9 Å². The number of benzene rings is 1. The van der Waals surface area contributed by atoms with Crippen LogP contribution in [0.2, 0.25) is 0 Å². The molecule has 1 saturated heterocycles. The van der Waals surface area contributed by atoms with Crippen LogP contribution in [-0.2, 0) is 11.2 Å². The Morgan fingerprint density at radius 1 is 1.22 bits per heavy atom. The lowest BCUT2D eigenvalue weighted by atomic mass is 9.80. The van der Waals surface area contributed by atoms with Gasteiger partial charge in [0.15, 0.2) is 0 Å². The zero-order chi connectivity index (χ0) is 15.7. The van der Waals surface area contributed by atoms with Crippen LogP contribution in [-0.4, -0.2) is 27.8 Å². The SMILES string of the molecule is C/C=C1/C(=O)N2CCc3c4n(c5ccccc35)C(=O)C[C@H]1C[C@@H]42. The van der Waals surface area contributed by atoms with E-state index in [9.17, 15) is 9.59 Å². The van der Waals surface area contributed by atoms with E-state index in [2.05, 4.69) is 6.07 Å². The minimum atomic E-state index is 0.0544. The number of rotatable bonds is 0. The van der Waals surface area contributed by atoms with Gasteiger partial charge in [-0.3, -0.25) is 14.2 Å². The van der Waals surface area contributed by atoms with Gasteiger partial charge in [0.05, 0.1) is 17.3 Å². The number of nitrogens with zero attached hydrogens (tertiary/aromatic N) is 2. The summed E-state index contributed by atoms with van der Waals surface area (Å²) in [7, 11) is 0. The molecule has 3 aliphatic heterocycles. The van der Waals surface area contributed by atoms with Crippen molar-refractivity contribution in [2.75, 3.05) is 6.54 Å². The van der Waals surface area contributed by atoms with E-state index >= 15 is 0 Å². The van der Waals surface area contributed by atoms with Crippen LogP contribution in [0.5, 0.6) is 0 Å². The monoisotopic (exact) mass is 306 g/mol. The molecule has 1 aromatic heterocycles. The lowest BCUT2D eigenvalue weighted by Gasteiger charge is -2.42. The highest BCUT2D eigenvalue weighted by Gasteiger charge is 2.46. The van der Waals surface area contributed by atoms with E-state index in [4.69, 9.17) is 0 Å². The second kappa shape index (κ2) is 4.34. The second-order valence-electron chi connectivity index (χ2n) is 6.76. The lowest BCUT2D eigenvalue weighted by Crippen LogP contribution is -2.46. The first kappa shape index (κ1) is 13.1. The van der Waals surface area contributed by atoms with E-state index < -0.39 is 0 Å². The number of amides is 1. The lowest BCUT2D eigenvalue weighted by molar-refractivity contribution is -0.133. The summed E-state index contributed by atoms with van der Waals surface area (Å²) in [6.45, 7) is 2.66. The van der Waals surface area contributed by atoms with Gasteiger partial charge in [-0.05, 0) is 31.4 Å². The quantitative estimate of drug-likeness (QED) is 0.702. The van der Waals surface area contributed by atoms with Crippen molar-refractivity contribution in [3.8, 4) is 0 Å². The number of piperidine rings is 1. The zero-order valence-corrected chi connectivity index (χ0v) is 13.1. The molecular formula is C19H18N2O2. The van der Waals surface area contributed by atoms with Crippen molar-refractivity contribution < 1.29 is 9.59 Å². The highest BCUT2D eigenvalue weighted by molar-refractivity contribution is 6.01. The number of carbonyl (C=O) groups excluding carboxylic acids is 2. The standard InChI is InChI=1S/C19H18N2O2/c1-2-12-11-9-16-18-14(7-8-20(16)19(12)23)13-5-3-4-6-15(13)21(18)17(22)10-11/h2-6,11,16H,7-10H2,1H3/b12-2+/t11-,16+/m1/s1. The Balaban J connectivity index is 1.85. The number of aromatic nitrogens is 1. The van der Waals surface area contributed by atoms with E-state index in [1.54, 1.807) is 0 Å². The molecule has 0 aliphatic carbocycles. The van der Waals surface area contributed by atoms with Crippen LogP contribution in [0.3, 0.4) is 0 Å². The normalized spacial score (nSPS) is 27.7. The van der Waals surface area contributed by atoms with Crippen molar-refractivity contribution in [1.82, 2.24) is 9.47 Å². The van der Waals surface area contributed by atoms with E-state index in [1.807, 2.05) is 40.7 Å². The molecule has 0 radical (unpaired) electrons. The molecule has 0 N–H and O–H groups in total. The molecule has 4 heteroatoms. The van der Waals surface area contributed by atoms with Gasteiger partial charge in [-0.1, -0.05) is 24.3 Å². The molecule has 1 aromatic carbocycles. The maximum atomic E-state index is 13.0. The number of hydrogen-bond donors (Lipinski definition) is 0. The predicted octanol–water partition coefficient (Wildman–Crippen LogP) is 3.08. The number of allylic oxidation sites excluding steroid dienone is 1. The van der Waals surface area contributed by atoms with Crippen molar-refractivity contribution in [2.45, 2.75) is 32.2 Å². The summed E-state index contributed by atoms with van der Waals surface area (Å²) in [6.07, 6.45) is 4.05. The molecule has 23 heavy (non-hydrogen) atoms. The van der Waals surface area contributed by atoms with Gasteiger partial charge in [-0.2, -0.15) is 0 Å². The molecule has 116 valence electrons. The molecule has 2 aromatic rings. The molecule has 0 unspecified atom stereocenters. The van der Waals surface area contributed by atoms with Gasteiger partial charge in [-0.25, -0.2) is 0 Å². The second-order valence-corrected chi connectivity index (χ2v) is 6.76. The van der Waals surface area contributed by atoms with Gasteiger partial charge in [0.25, 0.3) is 0 Å². The smallest absolute Gasteiger partial charge is 0.250 e. The third-order valence-electron chi connectivity index (χ3n) is 5.75. The van der Waals surface area contributed by atoms with Crippen molar-refractivity contribution in [3.63, 3.8) is 0 Å². The summed E-state index contributed by atoms with van der Waals surface area (Å²) in [6, 6.07) is 8.21. The fourth-order valence-corrected chi connectivity index (χ4v) is 4.82. The Morgan fingerprint density at radius 3 is 2.87 bits per heavy atom. The minimum absolute atomic E-state index is 0.0544. The Kier molecular flexibility index (Phi) is 2.48. The highest BCUT2D eigenvalue weighted by atomic mass is 16.2. The van der Waals surface area contributed by atoms with Crippen LogP contribution in [0, 0.1) is 5.92 Å². The molecule has 1 fully saturated rings. The minimum Gasteiger partial charge on any atom is -0.330 e. The van der Waals surface area contributed by atoms with Gasteiger partial charge in [-0.15, -0.1) is 0 Å². The number of hydrogen-bond acceptors (Lipinski definition) is 2. The van der Waals surface area contributed by atoms with Crippen molar-refractivity contribution in [3.05, 3.63) is 47.2 Å². The van der Waals surface area contributed by atoms with Crippen molar-refractivity contribution in [2.24, 2.45) is 5.92 Å².